The SMILES string of the molecule is Cc1ccc(C(Nc2ccc3c(c2)Sc2cccc(-c4cc(N5CCOCC5)cc(=O)[nH]4)c2S3)C2CCCC2)nc1. The predicted octanol–water partition coefficient (Wildman–Crippen LogP) is 7.54. The summed E-state index contributed by atoms with van der Waals surface area (Å²) in [5, 5.41) is 3.87. The molecule has 6 nitrogen and oxygen atoms in total. The minimum atomic E-state index is -0.0777. The maximum atomic E-state index is 12.7. The fourth-order valence-electron chi connectivity index (χ4n) is 6.15. The Kier molecular flexibility index (Phi) is 7.54. The average Bonchev–Trinajstić information content (AvgIpc) is 3.54. The Morgan fingerprint density at radius 2 is 1.83 bits per heavy atom. The summed E-state index contributed by atoms with van der Waals surface area (Å²) in [4.78, 5) is 27.7. The summed E-state index contributed by atoms with van der Waals surface area (Å²) < 4.78 is 5.51. The van der Waals surface area contributed by atoms with Gasteiger partial charge in [-0.2, -0.15) is 0 Å². The molecule has 41 heavy (non-hydrogen) atoms. The van der Waals surface area contributed by atoms with E-state index in [9.17, 15) is 4.79 Å². The van der Waals surface area contributed by atoms with Crippen LogP contribution >= 0.6 is 23.5 Å². The molecule has 4 heterocycles. The number of pyridine rings is 2. The van der Waals surface area contributed by atoms with Gasteiger partial charge in [-0.05, 0) is 67.6 Å². The van der Waals surface area contributed by atoms with E-state index in [-0.39, 0.29) is 11.6 Å². The van der Waals surface area contributed by atoms with Crippen LogP contribution < -0.4 is 15.8 Å². The largest absolute Gasteiger partial charge is 0.378 e. The molecule has 2 fully saturated rings. The van der Waals surface area contributed by atoms with Crippen LogP contribution in [0.3, 0.4) is 0 Å². The fraction of sp³-hybridized carbons (Fsp3) is 0.333. The number of hydrogen-bond donors (Lipinski definition) is 2. The molecule has 1 atom stereocenters. The lowest BCUT2D eigenvalue weighted by atomic mass is 9.94. The number of aryl methyl sites for hydroxylation is 1. The van der Waals surface area contributed by atoms with Gasteiger partial charge in [0.25, 0.3) is 0 Å². The van der Waals surface area contributed by atoms with Crippen LogP contribution in [0.4, 0.5) is 11.4 Å². The Morgan fingerprint density at radius 3 is 2.63 bits per heavy atom. The van der Waals surface area contributed by atoms with E-state index in [0.717, 1.165) is 41.4 Å². The fourth-order valence-corrected chi connectivity index (χ4v) is 8.56. The number of nitrogens with one attached hydrogen (secondary N) is 2. The molecular weight excluding hydrogens is 549 g/mol. The first-order chi connectivity index (χ1) is 20.1. The third-order valence-electron chi connectivity index (χ3n) is 8.30. The van der Waals surface area contributed by atoms with Gasteiger partial charge >= 0.3 is 0 Å². The van der Waals surface area contributed by atoms with E-state index >= 15 is 0 Å². The minimum Gasteiger partial charge on any atom is -0.378 e. The van der Waals surface area contributed by atoms with Gasteiger partial charge in [0.15, 0.2) is 0 Å². The number of benzene rings is 2. The van der Waals surface area contributed by atoms with Crippen molar-refractivity contribution in [3.8, 4) is 11.3 Å². The van der Waals surface area contributed by atoms with Crippen molar-refractivity contribution in [2.24, 2.45) is 5.92 Å². The van der Waals surface area contributed by atoms with Crippen LogP contribution in [0.1, 0.15) is 43.0 Å². The zero-order chi connectivity index (χ0) is 27.8. The lowest BCUT2D eigenvalue weighted by Gasteiger charge is -2.29. The second kappa shape index (κ2) is 11.6. The lowest BCUT2D eigenvalue weighted by molar-refractivity contribution is 0.122. The molecule has 1 saturated heterocycles. The summed E-state index contributed by atoms with van der Waals surface area (Å²) in [5.74, 6) is 0.599. The van der Waals surface area contributed by atoms with Gasteiger partial charge in [-0.3, -0.25) is 9.78 Å². The van der Waals surface area contributed by atoms with Crippen LogP contribution in [0.15, 0.2) is 91.2 Å². The second-order valence-corrected chi connectivity index (χ2v) is 13.3. The normalized spacial score (nSPS) is 17.6. The Hall–Kier alpha value is -3.20. The van der Waals surface area contributed by atoms with E-state index in [1.54, 1.807) is 29.6 Å². The Balaban J connectivity index is 1.17. The second-order valence-electron chi connectivity index (χ2n) is 11.1. The quantitative estimate of drug-likeness (QED) is 0.214. The summed E-state index contributed by atoms with van der Waals surface area (Å²) in [6.07, 6.45) is 7.06. The molecule has 2 N–H and O–H groups in total. The van der Waals surface area contributed by atoms with Crippen molar-refractivity contribution in [2.75, 3.05) is 36.5 Å². The van der Waals surface area contributed by atoms with E-state index < -0.39 is 0 Å². The van der Waals surface area contributed by atoms with Crippen molar-refractivity contribution in [1.82, 2.24) is 9.97 Å². The van der Waals surface area contributed by atoms with E-state index in [1.807, 2.05) is 6.20 Å². The van der Waals surface area contributed by atoms with Gasteiger partial charge in [0.2, 0.25) is 5.56 Å². The number of fused-ring (bicyclic) bond motifs is 2. The Morgan fingerprint density at radius 1 is 0.976 bits per heavy atom. The maximum absolute atomic E-state index is 12.7. The predicted molar refractivity (Wildman–Crippen MR) is 168 cm³/mol. The van der Waals surface area contributed by atoms with E-state index in [4.69, 9.17) is 9.72 Å². The Bertz CT molecular complexity index is 1610. The molecule has 0 spiro atoms. The third kappa shape index (κ3) is 5.65. The van der Waals surface area contributed by atoms with Gasteiger partial charge in [0.05, 0.1) is 30.6 Å². The van der Waals surface area contributed by atoms with Crippen molar-refractivity contribution < 1.29 is 4.74 Å². The van der Waals surface area contributed by atoms with Crippen LogP contribution in [-0.2, 0) is 4.74 Å². The first-order valence-electron chi connectivity index (χ1n) is 14.5. The number of H-pyrrole nitrogens is 1. The number of hydrogen-bond acceptors (Lipinski definition) is 7. The molecule has 8 heteroatoms. The molecule has 2 aliphatic heterocycles. The third-order valence-corrected chi connectivity index (χ3v) is 10.9. The topological polar surface area (TPSA) is 70.2 Å². The molecule has 0 amide bonds. The smallest absolute Gasteiger partial charge is 0.250 e. The van der Waals surface area contributed by atoms with Crippen molar-refractivity contribution in [3.05, 3.63) is 88.5 Å². The zero-order valence-electron chi connectivity index (χ0n) is 23.2. The summed E-state index contributed by atoms with van der Waals surface area (Å²) in [6, 6.07) is 21.5. The number of morpholine rings is 1. The molecule has 0 bridgehead atoms. The highest BCUT2D eigenvalue weighted by Crippen LogP contribution is 2.52. The molecule has 7 rings (SSSR count). The Labute approximate surface area is 249 Å². The van der Waals surface area contributed by atoms with Gasteiger partial charge in [0, 0.05) is 61.9 Å². The van der Waals surface area contributed by atoms with Crippen LogP contribution in [0.5, 0.6) is 0 Å². The summed E-state index contributed by atoms with van der Waals surface area (Å²) in [7, 11) is 0. The van der Waals surface area contributed by atoms with Gasteiger partial charge in [-0.15, -0.1) is 0 Å². The van der Waals surface area contributed by atoms with E-state index in [0.29, 0.717) is 19.1 Å². The number of aromatic nitrogens is 2. The lowest BCUT2D eigenvalue weighted by Crippen LogP contribution is -2.36. The van der Waals surface area contributed by atoms with E-state index in [2.05, 4.69) is 76.7 Å². The molecule has 2 aromatic carbocycles. The number of anilines is 2. The average molecular weight is 583 g/mol. The highest BCUT2D eigenvalue weighted by molar-refractivity contribution is 8.05. The van der Waals surface area contributed by atoms with Crippen LogP contribution in [-0.4, -0.2) is 36.3 Å². The zero-order valence-corrected chi connectivity index (χ0v) is 24.8. The molecule has 3 aliphatic rings. The first kappa shape index (κ1) is 26.7. The molecule has 1 unspecified atom stereocenters. The van der Waals surface area contributed by atoms with Crippen LogP contribution in [0.2, 0.25) is 0 Å². The van der Waals surface area contributed by atoms with E-state index in [1.165, 1.54) is 50.8 Å². The summed E-state index contributed by atoms with van der Waals surface area (Å²) >= 11 is 3.59. The molecule has 4 aromatic rings. The van der Waals surface area contributed by atoms with Crippen molar-refractivity contribution in [1.29, 1.82) is 0 Å². The van der Waals surface area contributed by atoms with Crippen molar-refractivity contribution in [2.45, 2.75) is 58.2 Å². The highest BCUT2D eigenvalue weighted by atomic mass is 32.2. The van der Waals surface area contributed by atoms with Gasteiger partial charge < -0.3 is 19.9 Å². The number of aromatic amines is 1. The maximum Gasteiger partial charge on any atom is 0.250 e. The number of ether oxygens (including phenoxy) is 1. The van der Waals surface area contributed by atoms with Crippen molar-refractivity contribution in [3.63, 3.8) is 0 Å². The van der Waals surface area contributed by atoms with Crippen molar-refractivity contribution >= 4 is 34.9 Å². The monoisotopic (exact) mass is 582 g/mol. The van der Waals surface area contributed by atoms with Gasteiger partial charge in [0.1, 0.15) is 0 Å². The molecule has 1 aliphatic carbocycles. The first-order valence-corrected chi connectivity index (χ1v) is 16.1. The molecular formula is C33H34N4O2S2. The molecule has 1 saturated carbocycles. The number of rotatable bonds is 6. The number of nitrogens with zero attached hydrogens (tertiary/aromatic N) is 2. The van der Waals surface area contributed by atoms with Crippen LogP contribution in [0.25, 0.3) is 11.3 Å². The minimum absolute atomic E-state index is 0.0777. The summed E-state index contributed by atoms with van der Waals surface area (Å²) in [5.41, 5.74) is 6.25. The van der Waals surface area contributed by atoms with Gasteiger partial charge in [-0.1, -0.05) is 54.6 Å². The van der Waals surface area contributed by atoms with Crippen LogP contribution in [0, 0.1) is 12.8 Å². The standard InChI is InChI=1S/C33H34N4O2S2/c1-21-9-11-26(34-20-21)32(22-5-2-3-6-22)35-23-10-12-28-30(17-23)40-29-8-4-7-25(33(29)41-28)27-18-24(19-31(38)36-27)37-13-15-39-16-14-37/h4,7-12,17-20,22,32,35H,2-3,5-6,13-16H2,1H3,(H,36,38). The molecule has 0 radical (unpaired) electrons. The molecule has 210 valence electrons. The van der Waals surface area contributed by atoms with Gasteiger partial charge in [-0.25, -0.2) is 0 Å². The summed E-state index contributed by atoms with van der Waals surface area (Å²) in [6.45, 7) is 5.06. The molecule has 2 aromatic heterocycles. The highest BCUT2D eigenvalue weighted by Gasteiger charge is 2.28.